The fourth-order valence-corrected chi connectivity index (χ4v) is 1.85. The number of hydrogen-bond donors (Lipinski definition) is 0. The molecule has 0 atom stereocenters. The summed E-state index contributed by atoms with van der Waals surface area (Å²) in [6.45, 7) is 8.65. The molecule has 0 aliphatic carbocycles. The van der Waals surface area contributed by atoms with Crippen molar-refractivity contribution < 1.29 is 4.79 Å². The van der Waals surface area contributed by atoms with Crippen molar-refractivity contribution in [1.29, 1.82) is 0 Å². The molecule has 0 unspecified atom stereocenters. The van der Waals surface area contributed by atoms with Crippen LogP contribution in [0.2, 0.25) is 5.02 Å². The Balaban J connectivity index is 3.09. The highest BCUT2D eigenvalue weighted by atomic mass is 35.5. The lowest BCUT2D eigenvalue weighted by Crippen LogP contribution is -2.30. The minimum absolute atomic E-state index is 0.331. The van der Waals surface area contributed by atoms with Crippen LogP contribution in [0.1, 0.15) is 24.2 Å². The van der Waals surface area contributed by atoms with Crippen LogP contribution in [0.3, 0.4) is 0 Å². The van der Waals surface area contributed by atoms with Gasteiger partial charge in [-0.15, -0.1) is 6.58 Å². The fraction of sp³-hybridized carbons (Fsp3) is 0.308. The SMILES string of the molecule is C=CCN(c1ccc(C=O)cc1Cl)C(C)C. The van der Waals surface area contributed by atoms with Gasteiger partial charge in [0.2, 0.25) is 0 Å². The molecule has 0 N–H and O–H groups in total. The molecule has 0 radical (unpaired) electrons. The number of aldehydes is 1. The van der Waals surface area contributed by atoms with Crippen LogP contribution in [-0.2, 0) is 0 Å². The van der Waals surface area contributed by atoms with E-state index in [0.717, 1.165) is 18.5 Å². The van der Waals surface area contributed by atoms with E-state index in [2.05, 4.69) is 25.3 Å². The zero-order chi connectivity index (χ0) is 12.1. The van der Waals surface area contributed by atoms with Gasteiger partial charge in [-0.3, -0.25) is 4.79 Å². The molecule has 0 aliphatic heterocycles. The minimum Gasteiger partial charge on any atom is -0.364 e. The second-order valence-electron chi connectivity index (χ2n) is 3.86. The molecule has 0 amide bonds. The Morgan fingerprint density at radius 1 is 1.50 bits per heavy atom. The van der Waals surface area contributed by atoms with Gasteiger partial charge in [-0.25, -0.2) is 0 Å². The van der Waals surface area contributed by atoms with Crippen molar-refractivity contribution in [3.05, 3.63) is 41.4 Å². The molecule has 1 rings (SSSR count). The lowest BCUT2D eigenvalue weighted by molar-refractivity contribution is 0.112. The molecule has 0 aromatic heterocycles. The van der Waals surface area contributed by atoms with E-state index >= 15 is 0 Å². The molecular formula is C13H16ClNO. The van der Waals surface area contributed by atoms with Gasteiger partial charge in [0.25, 0.3) is 0 Å². The van der Waals surface area contributed by atoms with E-state index in [1.807, 2.05) is 12.1 Å². The molecule has 3 heteroatoms. The number of carbonyl (C=O) groups excluding carboxylic acids is 1. The fourth-order valence-electron chi connectivity index (χ4n) is 1.56. The molecule has 0 saturated heterocycles. The summed E-state index contributed by atoms with van der Waals surface area (Å²) in [4.78, 5) is 12.7. The van der Waals surface area contributed by atoms with Crippen LogP contribution >= 0.6 is 11.6 Å². The lowest BCUT2D eigenvalue weighted by atomic mass is 10.2. The number of halogens is 1. The molecule has 16 heavy (non-hydrogen) atoms. The van der Waals surface area contributed by atoms with Crippen molar-refractivity contribution in [1.82, 2.24) is 0 Å². The third-order valence-corrected chi connectivity index (χ3v) is 2.67. The van der Waals surface area contributed by atoms with E-state index in [-0.39, 0.29) is 0 Å². The first-order valence-electron chi connectivity index (χ1n) is 5.22. The standard InChI is InChI=1S/C13H16ClNO/c1-4-7-15(10(2)3)13-6-5-11(9-16)8-12(13)14/h4-6,8-10H,1,7H2,2-3H3. The summed E-state index contributed by atoms with van der Waals surface area (Å²) in [6.07, 6.45) is 2.63. The second kappa shape index (κ2) is 5.71. The third-order valence-electron chi connectivity index (χ3n) is 2.37. The molecule has 0 fully saturated rings. The van der Waals surface area contributed by atoms with E-state index in [1.165, 1.54) is 0 Å². The Hall–Kier alpha value is -1.28. The first kappa shape index (κ1) is 12.8. The van der Waals surface area contributed by atoms with Gasteiger partial charge in [0.15, 0.2) is 0 Å². The van der Waals surface area contributed by atoms with Crippen LogP contribution in [-0.4, -0.2) is 18.9 Å². The van der Waals surface area contributed by atoms with Gasteiger partial charge in [-0.1, -0.05) is 17.7 Å². The first-order chi connectivity index (χ1) is 7.60. The van der Waals surface area contributed by atoms with Crippen molar-refractivity contribution >= 4 is 23.6 Å². The molecule has 86 valence electrons. The van der Waals surface area contributed by atoms with Crippen LogP contribution in [0.25, 0.3) is 0 Å². The molecular weight excluding hydrogens is 222 g/mol. The summed E-state index contributed by atoms with van der Waals surface area (Å²) >= 11 is 6.15. The summed E-state index contributed by atoms with van der Waals surface area (Å²) < 4.78 is 0. The van der Waals surface area contributed by atoms with E-state index in [9.17, 15) is 4.79 Å². The molecule has 0 bridgehead atoms. The summed E-state index contributed by atoms with van der Waals surface area (Å²) in [5, 5.41) is 0.597. The number of rotatable bonds is 5. The first-order valence-corrected chi connectivity index (χ1v) is 5.60. The largest absolute Gasteiger partial charge is 0.364 e. The van der Waals surface area contributed by atoms with Gasteiger partial charge in [0.05, 0.1) is 10.7 Å². The molecule has 0 spiro atoms. The summed E-state index contributed by atoms with van der Waals surface area (Å²) in [5.41, 5.74) is 1.53. The summed E-state index contributed by atoms with van der Waals surface area (Å²) in [7, 11) is 0. The molecule has 1 aromatic rings. The van der Waals surface area contributed by atoms with Crippen LogP contribution < -0.4 is 4.90 Å². The second-order valence-corrected chi connectivity index (χ2v) is 4.27. The Morgan fingerprint density at radius 2 is 2.19 bits per heavy atom. The highest BCUT2D eigenvalue weighted by Gasteiger charge is 2.12. The monoisotopic (exact) mass is 237 g/mol. The number of carbonyl (C=O) groups is 1. The van der Waals surface area contributed by atoms with Crippen molar-refractivity contribution in [3.63, 3.8) is 0 Å². The average molecular weight is 238 g/mol. The number of anilines is 1. The molecule has 0 aliphatic rings. The maximum Gasteiger partial charge on any atom is 0.150 e. The predicted molar refractivity (Wildman–Crippen MR) is 69.5 cm³/mol. The molecule has 2 nitrogen and oxygen atoms in total. The van der Waals surface area contributed by atoms with E-state index in [4.69, 9.17) is 11.6 Å². The maximum absolute atomic E-state index is 10.6. The van der Waals surface area contributed by atoms with Crippen LogP contribution in [0, 0.1) is 0 Å². The van der Waals surface area contributed by atoms with E-state index in [1.54, 1.807) is 12.1 Å². The Morgan fingerprint density at radius 3 is 2.62 bits per heavy atom. The quantitative estimate of drug-likeness (QED) is 0.577. The van der Waals surface area contributed by atoms with E-state index in [0.29, 0.717) is 16.6 Å². The number of benzene rings is 1. The lowest BCUT2D eigenvalue weighted by Gasteiger charge is -2.28. The number of nitrogens with zero attached hydrogens (tertiary/aromatic N) is 1. The highest BCUT2D eigenvalue weighted by Crippen LogP contribution is 2.27. The van der Waals surface area contributed by atoms with Crippen molar-refractivity contribution in [2.45, 2.75) is 19.9 Å². The Labute approximate surface area is 102 Å². The topological polar surface area (TPSA) is 20.3 Å². The van der Waals surface area contributed by atoms with E-state index < -0.39 is 0 Å². The van der Waals surface area contributed by atoms with Crippen molar-refractivity contribution in [2.75, 3.05) is 11.4 Å². The Bertz CT molecular complexity index is 388. The maximum atomic E-state index is 10.6. The van der Waals surface area contributed by atoms with Crippen LogP contribution in [0.15, 0.2) is 30.9 Å². The summed E-state index contributed by atoms with van der Waals surface area (Å²) in [5.74, 6) is 0. The molecule has 1 aromatic carbocycles. The normalized spacial score (nSPS) is 10.2. The van der Waals surface area contributed by atoms with Crippen molar-refractivity contribution in [2.24, 2.45) is 0 Å². The number of hydrogen-bond acceptors (Lipinski definition) is 2. The van der Waals surface area contributed by atoms with Gasteiger partial charge in [0.1, 0.15) is 6.29 Å². The minimum atomic E-state index is 0.331. The smallest absolute Gasteiger partial charge is 0.150 e. The van der Waals surface area contributed by atoms with Gasteiger partial charge in [-0.05, 0) is 32.0 Å². The van der Waals surface area contributed by atoms with Crippen LogP contribution in [0.5, 0.6) is 0 Å². The van der Waals surface area contributed by atoms with Crippen LogP contribution in [0.4, 0.5) is 5.69 Å². The Kier molecular flexibility index (Phi) is 4.56. The van der Waals surface area contributed by atoms with Gasteiger partial charge in [0, 0.05) is 18.2 Å². The van der Waals surface area contributed by atoms with Crippen molar-refractivity contribution in [3.8, 4) is 0 Å². The third kappa shape index (κ3) is 2.86. The molecule has 0 heterocycles. The summed E-state index contributed by atoms with van der Waals surface area (Å²) in [6, 6.07) is 5.66. The zero-order valence-electron chi connectivity index (χ0n) is 9.61. The van der Waals surface area contributed by atoms with Gasteiger partial charge in [-0.2, -0.15) is 0 Å². The molecule has 0 saturated carbocycles. The van der Waals surface area contributed by atoms with Gasteiger partial charge < -0.3 is 4.90 Å². The average Bonchev–Trinajstić information content (AvgIpc) is 2.26. The highest BCUT2D eigenvalue weighted by molar-refractivity contribution is 6.33. The zero-order valence-corrected chi connectivity index (χ0v) is 10.4. The van der Waals surface area contributed by atoms with Gasteiger partial charge >= 0.3 is 0 Å². The predicted octanol–water partition coefficient (Wildman–Crippen LogP) is 3.55.